The van der Waals surface area contributed by atoms with Gasteiger partial charge in [-0.1, -0.05) is 23.7 Å². The fourth-order valence-corrected chi connectivity index (χ4v) is 1.69. The Morgan fingerprint density at radius 2 is 1.83 bits per heavy atom. The van der Waals surface area contributed by atoms with Crippen molar-refractivity contribution in [2.45, 2.75) is 13.0 Å². The van der Waals surface area contributed by atoms with Gasteiger partial charge in [-0.2, -0.15) is 0 Å². The van der Waals surface area contributed by atoms with Crippen molar-refractivity contribution in [3.63, 3.8) is 0 Å². The van der Waals surface area contributed by atoms with E-state index >= 15 is 0 Å². The third kappa shape index (κ3) is 3.09. The maximum atomic E-state index is 5.85. The van der Waals surface area contributed by atoms with E-state index in [-0.39, 0.29) is 6.04 Å². The van der Waals surface area contributed by atoms with Crippen LogP contribution in [-0.4, -0.2) is 9.97 Å². The minimum atomic E-state index is 0.101. The number of hydrazine groups is 1. The summed E-state index contributed by atoms with van der Waals surface area (Å²) >= 11 is 5.85. The van der Waals surface area contributed by atoms with Gasteiger partial charge < -0.3 is 10.7 Å². The summed E-state index contributed by atoms with van der Waals surface area (Å²) < 4.78 is 0. The third-order valence-electron chi connectivity index (χ3n) is 2.52. The molecule has 5 nitrogen and oxygen atoms in total. The lowest BCUT2D eigenvalue weighted by atomic mass is 10.1. The summed E-state index contributed by atoms with van der Waals surface area (Å²) in [4.78, 5) is 8.27. The van der Waals surface area contributed by atoms with Crippen molar-refractivity contribution in [2.75, 3.05) is 10.7 Å². The lowest BCUT2D eigenvalue weighted by Crippen LogP contribution is -2.12. The summed E-state index contributed by atoms with van der Waals surface area (Å²) in [6, 6.07) is 7.76. The molecule has 0 saturated carbocycles. The van der Waals surface area contributed by atoms with Gasteiger partial charge in [0.25, 0.3) is 0 Å². The highest BCUT2D eigenvalue weighted by Crippen LogP contribution is 2.19. The van der Waals surface area contributed by atoms with Crippen molar-refractivity contribution in [3.05, 3.63) is 47.2 Å². The van der Waals surface area contributed by atoms with E-state index in [9.17, 15) is 0 Å². The molecule has 18 heavy (non-hydrogen) atoms. The molecule has 2 rings (SSSR count). The van der Waals surface area contributed by atoms with E-state index in [1.807, 2.05) is 31.2 Å². The van der Waals surface area contributed by atoms with Crippen molar-refractivity contribution < 1.29 is 0 Å². The van der Waals surface area contributed by atoms with E-state index in [0.717, 1.165) is 10.6 Å². The minimum Gasteiger partial charge on any atom is -0.362 e. The van der Waals surface area contributed by atoms with Crippen LogP contribution in [0.25, 0.3) is 0 Å². The van der Waals surface area contributed by atoms with Crippen LogP contribution in [0.5, 0.6) is 0 Å². The normalized spacial score (nSPS) is 11.9. The molecule has 0 spiro atoms. The maximum absolute atomic E-state index is 5.85. The zero-order chi connectivity index (χ0) is 13.0. The van der Waals surface area contributed by atoms with Gasteiger partial charge in [0.15, 0.2) is 5.82 Å². The molecule has 6 heteroatoms. The highest BCUT2D eigenvalue weighted by atomic mass is 35.5. The molecule has 0 fully saturated rings. The Morgan fingerprint density at radius 1 is 1.17 bits per heavy atom. The molecule has 1 aromatic heterocycles. The minimum absolute atomic E-state index is 0.101. The van der Waals surface area contributed by atoms with Crippen molar-refractivity contribution in [3.8, 4) is 0 Å². The number of hydrogen-bond acceptors (Lipinski definition) is 5. The summed E-state index contributed by atoms with van der Waals surface area (Å²) in [7, 11) is 0. The molecule has 2 aromatic rings. The smallest absolute Gasteiger partial charge is 0.160 e. The van der Waals surface area contributed by atoms with Crippen LogP contribution in [0.3, 0.4) is 0 Å². The van der Waals surface area contributed by atoms with Crippen LogP contribution < -0.4 is 16.6 Å². The van der Waals surface area contributed by atoms with Gasteiger partial charge in [0.2, 0.25) is 0 Å². The first-order valence-electron chi connectivity index (χ1n) is 5.49. The topological polar surface area (TPSA) is 75.9 Å². The molecule has 94 valence electrons. The van der Waals surface area contributed by atoms with Gasteiger partial charge in [-0.15, -0.1) is 0 Å². The van der Waals surface area contributed by atoms with Crippen LogP contribution >= 0.6 is 11.6 Å². The fourth-order valence-electron chi connectivity index (χ4n) is 1.56. The average Bonchev–Trinajstić information content (AvgIpc) is 2.39. The summed E-state index contributed by atoms with van der Waals surface area (Å²) in [5, 5.41) is 3.96. The highest BCUT2D eigenvalue weighted by molar-refractivity contribution is 6.30. The summed E-state index contributed by atoms with van der Waals surface area (Å²) in [5.41, 5.74) is 3.57. The predicted molar refractivity (Wildman–Crippen MR) is 73.3 cm³/mol. The molecule has 1 atom stereocenters. The Hall–Kier alpha value is -1.85. The number of benzene rings is 1. The van der Waals surface area contributed by atoms with Crippen LogP contribution in [0.15, 0.2) is 36.7 Å². The SMILES string of the molecule is CC(Nc1cncc(NN)n1)c1ccc(Cl)cc1. The quantitative estimate of drug-likeness (QED) is 0.584. The maximum Gasteiger partial charge on any atom is 0.160 e. The Bertz CT molecular complexity index is 514. The number of nitrogens with zero attached hydrogens (tertiary/aromatic N) is 2. The zero-order valence-electron chi connectivity index (χ0n) is 9.89. The van der Waals surface area contributed by atoms with Crippen molar-refractivity contribution in [2.24, 2.45) is 5.84 Å². The molecule has 0 radical (unpaired) electrons. The molecule has 0 bridgehead atoms. The lowest BCUT2D eigenvalue weighted by Gasteiger charge is -2.15. The van der Waals surface area contributed by atoms with Crippen LogP contribution in [0.1, 0.15) is 18.5 Å². The van der Waals surface area contributed by atoms with Gasteiger partial charge in [0, 0.05) is 11.1 Å². The summed E-state index contributed by atoms with van der Waals surface area (Å²) in [6.45, 7) is 2.04. The molecular formula is C12H14ClN5. The summed E-state index contributed by atoms with van der Waals surface area (Å²) in [5.74, 6) is 6.46. The van der Waals surface area contributed by atoms with E-state index in [1.165, 1.54) is 0 Å². The molecule has 0 aliphatic heterocycles. The molecule has 4 N–H and O–H groups in total. The Kier molecular flexibility index (Phi) is 3.96. The number of aromatic nitrogens is 2. The van der Waals surface area contributed by atoms with E-state index in [2.05, 4.69) is 20.7 Å². The van der Waals surface area contributed by atoms with E-state index in [4.69, 9.17) is 17.4 Å². The number of rotatable bonds is 4. The van der Waals surface area contributed by atoms with Crippen molar-refractivity contribution >= 4 is 23.2 Å². The summed E-state index contributed by atoms with van der Waals surface area (Å²) in [6.07, 6.45) is 3.20. The van der Waals surface area contributed by atoms with Gasteiger partial charge in [-0.05, 0) is 24.6 Å². The van der Waals surface area contributed by atoms with E-state index in [1.54, 1.807) is 12.4 Å². The van der Waals surface area contributed by atoms with Crippen LogP contribution in [0, 0.1) is 0 Å². The van der Waals surface area contributed by atoms with Gasteiger partial charge in [0.05, 0.1) is 12.4 Å². The van der Waals surface area contributed by atoms with E-state index in [0.29, 0.717) is 11.6 Å². The second kappa shape index (κ2) is 5.66. The van der Waals surface area contributed by atoms with Gasteiger partial charge in [0.1, 0.15) is 5.82 Å². The highest BCUT2D eigenvalue weighted by Gasteiger charge is 2.06. The molecule has 1 heterocycles. The molecule has 1 aromatic carbocycles. The number of nitrogens with one attached hydrogen (secondary N) is 2. The fraction of sp³-hybridized carbons (Fsp3) is 0.167. The van der Waals surface area contributed by atoms with Crippen molar-refractivity contribution in [1.29, 1.82) is 0 Å². The number of nitrogens with two attached hydrogens (primary N) is 1. The standard InChI is InChI=1S/C12H14ClN5/c1-8(9-2-4-10(13)5-3-9)16-11-6-15-7-12(17-11)18-14/h2-8H,14H2,1H3,(H2,16,17,18). The van der Waals surface area contributed by atoms with Crippen molar-refractivity contribution in [1.82, 2.24) is 9.97 Å². The molecule has 0 saturated heterocycles. The molecule has 0 amide bonds. The average molecular weight is 264 g/mol. The lowest BCUT2D eigenvalue weighted by molar-refractivity contribution is 0.871. The van der Waals surface area contributed by atoms with Gasteiger partial charge >= 0.3 is 0 Å². The van der Waals surface area contributed by atoms with Crippen LogP contribution in [0.2, 0.25) is 5.02 Å². The largest absolute Gasteiger partial charge is 0.362 e. The second-order valence-electron chi connectivity index (χ2n) is 3.85. The van der Waals surface area contributed by atoms with Gasteiger partial charge in [-0.25, -0.2) is 10.8 Å². The number of nitrogen functional groups attached to an aromatic ring is 1. The second-order valence-corrected chi connectivity index (χ2v) is 4.29. The predicted octanol–water partition coefficient (Wildman–Crippen LogP) is 2.59. The third-order valence-corrected chi connectivity index (χ3v) is 2.77. The Balaban J connectivity index is 2.10. The number of halogens is 1. The molecule has 0 aliphatic carbocycles. The first-order valence-corrected chi connectivity index (χ1v) is 5.87. The zero-order valence-corrected chi connectivity index (χ0v) is 10.6. The number of anilines is 2. The van der Waals surface area contributed by atoms with Crippen LogP contribution in [0.4, 0.5) is 11.6 Å². The molecule has 0 aliphatic rings. The number of hydrogen-bond donors (Lipinski definition) is 3. The van der Waals surface area contributed by atoms with Gasteiger partial charge in [-0.3, -0.25) is 4.98 Å². The first-order chi connectivity index (χ1) is 8.69. The Morgan fingerprint density at radius 3 is 2.50 bits per heavy atom. The first kappa shape index (κ1) is 12.6. The molecule has 1 unspecified atom stereocenters. The monoisotopic (exact) mass is 263 g/mol. The van der Waals surface area contributed by atoms with Crippen LogP contribution in [-0.2, 0) is 0 Å². The van der Waals surface area contributed by atoms with E-state index < -0.39 is 0 Å². The Labute approximate surface area is 110 Å². The molecular weight excluding hydrogens is 250 g/mol.